The number of carbonyl (C=O) groups excluding carboxylic acids is 1. The Morgan fingerprint density at radius 1 is 1.07 bits per heavy atom. The van der Waals surface area contributed by atoms with Crippen molar-refractivity contribution in [3.63, 3.8) is 0 Å². The number of para-hydroxylation sites is 2. The van der Waals surface area contributed by atoms with Gasteiger partial charge in [0, 0.05) is 19.0 Å². The lowest BCUT2D eigenvalue weighted by atomic mass is 9.89. The van der Waals surface area contributed by atoms with E-state index in [9.17, 15) is 4.79 Å². The summed E-state index contributed by atoms with van der Waals surface area (Å²) >= 11 is 0. The van der Waals surface area contributed by atoms with Gasteiger partial charge in [0.2, 0.25) is 5.91 Å². The van der Waals surface area contributed by atoms with E-state index >= 15 is 0 Å². The number of likely N-dealkylation sites (tertiary alicyclic amines) is 1. The molecular weight excluding hydrogens is 390 g/mol. The molecule has 0 spiro atoms. The third kappa shape index (κ3) is 5.21. The van der Waals surface area contributed by atoms with Crippen LogP contribution in [0.15, 0.2) is 54.6 Å². The van der Waals surface area contributed by atoms with Gasteiger partial charge in [-0.05, 0) is 30.2 Å². The summed E-state index contributed by atoms with van der Waals surface area (Å²) in [5.41, 5.74) is 7.29. The average molecular weight is 418 g/mol. The number of hydrogen-bond donors (Lipinski definition) is 2. The predicted molar refractivity (Wildman–Crippen MR) is 115 cm³/mol. The molecule has 0 aromatic heterocycles. The maximum atomic E-state index is 12.4. The Bertz CT molecular complexity index is 805. The largest absolute Gasteiger partial charge is 0.486 e. The molecule has 2 aliphatic heterocycles. The Kier molecular flexibility index (Phi) is 7.36. The van der Waals surface area contributed by atoms with E-state index in [0.29, 0.717) is 38.1 Å². The SMILES string of the molecule is Cl.NC[C@@H]1CN(CC(=O)NCC2COc3ccccc3O2)C[C@H]1c1ccccc1. The highest BCUT2D eigenvalue weighted by Crippen LogP contribution is 2.32. The van der Waals surface area contributed by atoms with Crippen molar-refractivity contribution in [3.8, 4) is 11.5 Å². The fourth-order valence-corrected chi connectivity index (χ4v) is 4.06. The minimum Gasteiger partial charge on any atom is -0.486 e. The van der Waals surface area contributed by atoms with Crippen molar-refractivity contribution in [2.75, 3.05) is 39.3 Å². The van der Waals surface area contributed by atoms with Crippen LogP contribution in [0.1, 0.15) is 11.5 Å². The van der Waals surface area contributed by atoms with Crippen molar-refractivity contribution in [2.45, 2.75) is 12.0 Å². The van der Waals surface area contributed by atoms with Crippen LogP contribution < -0.4 is 20.5 Å². The normalized spacial score (nSPS) is 23.3. The number of hydrogen-bond acceptors (Lipinski definition) is 5. The Hall–Kier alpha value is -2.28. The third-order valence-electron chi connectivity index (χ3n) is 5.51. The fraction of sp³-hybridized carbons (Fsp3) is 0.409. The number of amides is 1. The van der Waals surface area contributed by atoms with Gasteiger partial charge in [-0.25, -0.2) is 0 Å². The quantitative estimate of drug-likeness (QED) is 0.752. The highest BCUT2D eigenvalue weighted by atomic mass is 35.5. The summed E-state index contributed by atoms with van der Waals surface area (Å²) in [6.07, 6.45) is -0.175. The van der Waals surface area contributed by atoms with Crippen LogP contribution in [0.25, 0.3) is 0 Å². The molecule has 1 fully saturated rings. The number of halogens is 1. The second kappa shape index (κ2) is 9.96. The molecule has 1 amide bonds. The number of nitrogens with two attached hydrogens (primary N) is 1. The predicted octanol–water partition coefficient (Wildman–Crippen LogP) is 2.04. The summed E-state index contributed by atoms with van der Waals surface area (Å²) in [4.78, 5) is 14.6. The molecule has 0 saturated carbocycles. The van der Waals surface area contributed by atoms with Crippen molar-refractivity contribution in [3.05, 3.63) is 60.2 Å². The third-order valence-corrected chi connectivity index (χ3v) is 5.51. The van der Waals surface area contributed by atoms with Crippen LogP contribution in [0.4, 0.5) is 0 Å². The first-order valence-electron chi connectivity index (χ1n) is 9.85. The molecule has 3 atom stereocenters. The molecule has 7 heteroatoms. The molecule has 2 aliphatic rings. The summed E-state index contributed by atoms with van der Waals surface area (Å²) < 4.78 is 11.6. The molecule has 156 valence electrons. The maximum absolute atomic E-state index is 12.4. The lowest BCUT2D eigenvalue weighted by Crippen LogP contribution is -2.44. The highest BCUT2D eigenvalue weighted by molar-refractivity contribution is 5.85. The van der Waals surface area contributed by atoms with Gasteiger partial charge in [-0.15, -0.1) is 12.4 Å². The lowest BCUT2D eigenvalue weighted by Gasteiger charge is -2.26. The lowest BCUT2D eigenvalue weighted by molar-refractivity contribution is -0.122. The van der Waals surface area contributed by atoms with Gasteiger partial charge >= 0.3 is 0 Å². The van der Waals surface area contributed by atoms with E-state index in [1.807, 2.05) is 30.3 Å². The minimum absolute atomic E-state index is 0. The van der Waals surface area contributed by atoms with Crippen LogP contribution in [-0.2, 0) is 4.79 Å². The first-order valence-corrected chi connectivity index (χ1v) is 9.85. The van der Waals surface area contributed by atoms with Gasteiger partial charge in [-0.2, -0.15) is 0 Å². The van der Waals surface area contributed by atoms with Crippen molar-refractivity contribution in [1.82, 2.24) is 10.2 Å². The first kappa shape index (κ1) is 21.4. The number of nitrogens with one attached hydrogen (secondary N) is 1. The number of carbonyl (C=O) groups is 1. The van der Waals surface area contributed by atoms with E-state index in [0.717, 1.165) is 24.6 Å². The van der Waals surface area contributed by atoms with E-state index in [-0.39, 0.29) is 24.4 Å². The van der Waals surface area contributed by atoms with E-state index in [1.165, 1.54) is 5.56 Å². The Morgan fingerprint density at radius 3 is 2.55 bits per heavy atom. The molecule has 3 N–H and O–H groups in total. The second-order valence-electron chi connectivity index (χ2n) is 7.51. The van der Waals surface area contributed by atoms with Crippen LogP contribution in [0.2, 0.25) is 0 Å². The van der Waals surface area contributed by atoms with Gasteiger partial charge in [0.25, 0.3) is 0 Å². The molecule has 1 saturated heterocycles. The van der Waals surface area contributed by atoms with Crippen molar-refractivity contribution in [2.24, 2.45) is 11.7 Å². The molecule has 2 aromatic carbocycles. The molecule has 0 bridgehead atoms. The first-order chi connectivity index (χ1) is 13.7. The monoisotopic (exact) mass is 417 g/mol. The summed E-state index contributed by atoms with van der Waals surface area (Å²) in [5.74, 6) is 2.24. The topological polar surface area (TPSA) is 76.8 Å². The molecule has 4 rings (SSSR count). The maximum Gasteiger partial charge on any atom is 0.234 e. The minimum atomic E-state index is -0.175. The number of rotatable bonds is 6. The van der Waals surface area contributed by atoms with Crippen molar-refractivity contribution in [1.29, 1.82) is 0 Å². The Morgan fingerprint density at radius 2 is 1.79 bits per heavy atom. The van der Waals surface area contributed by atoms with Crippen molar-refractivity contribution >= 4 is 18.3 Å². The van der Waals surface area contributed by atoms with Gasteiger partial charge in [0.1, 0.15) is 12.7 Å². The summed E-state index contributed by atoms with van der Waals surface area (Å²) in [6, 6.07) is 18.0. The molecule has 1 unspecified atom stereocenters. The highest BCUT2D eigenvalue weighted by Gasteiger charge is 2.33. The summed E-state index contributed by atoms with van der Waals surface area (Å²) in [5, 5.41) is 2.98. The van der Waals surface area contributed by atoms with Gasteiger partial charge in [-0.3, -0.25) is 9.69 Å². The van der Waals surface area contributed by atoms with Crippen LogP contribution in [0.3, 0.4) is 0 Å². The molecule has 6 nitrogen and oxygen atoms in total. The van der Waals surface area contributed by atoms with Gasteiger partial charge in [0.15, 0.2) is 11.5 Å². The molecule has 0 radical (unpaired) electrons. The number of ether oxygens (including phenoxy) is 2. The average Bonchev–Trinajstić information content (AvgIpc) is 3.15. The number of fused-ring (bicyclic) bond motifs is 1. The molecule has 29 heavy (non-hydrogen) atoms. The van der Waals surface area contributed by atoms with E-state index < -0.39 is 0 Å². The van der Waals surface area contributed by atoms with Gasteiger partial charge < -0.3 is 20.5 Å². The standard InChI is InChI=1S/C22H27N3O3.ClH/c23-10-17-12-25(13-19(17)16-6-2-1-3-7-16)14-22(26)24-11-18-15-27-20-8-4-5-9-21(20)28-18;/h1-9,17-19H,10-15,23H2,(H,24,26);1H/t17-,18?,19+;/m1./s1. The summed E-state index contributed by atoms with van der Waals surface area (Å²) in [7, 11) is 0. The number of nitrogens with zero attached hydrogens (tertiary/aromatic N) is 1. The van der Waals surface area contributed by atoms with Crippen LogP contribution in [0.5, 0.6) is 11.5 Å². The molecular formula is C22H28ClN3O3. The number of benzene rings is 2. The van der Waals surface area contributed by atoms with E-state index in [1.54, 1.807) is 0 Å². The zero-order valence-electron chi connectivity index (χ0n) is 16.3. The van der Waals surface area contributed by atoms with Crippen molar-refractivity contribution < 1.29 is 14.3 Å². The van der Waals surface area contributed by atoms with Crippen LogP contribution in [-0.4, -0.2) is 56.2 Å². The fourth-order valence-electron chi connectivity index (χ4n) is 4.06. The Labute approximate surface area is 177 Å². The van der Waals surface area contributed by atoms with E-state index in [4.69, 9.17) is 15.2 Å². The Balaban J connectivity index is 0.00000240. The van der Waals surface area contributed by atoms with Crippen LogP contribution in [0, 0.1) is 5.92 Å². The van der Waals surface area contributed by atoms with Gasteiger partial charge in [-0.1, -0.05) is 42.5 Å². The zero-order chi connectivity index (χ0) is 19.3. The molecule has 2 heterocycles. The second-order valence-corrected chi connectivity index (χ2v) is 7.51. The van der Waals surface area contributed by atoms with Crippen LogP contribution >= 0.6 is 12.4 Å². The zero-order valence-corrected chi connectivity index (χ0v) is 17.1. The van der Waals surface area contributed by atoms with Gasteiger partial charge in [0.05, 0.1) is 13.1 Å². The summed E-state index contributed by atoms with van der Waals surface area (Å²) in [6.45, 7) is 3.58. The molecule has 0 aliphatic carbocycles. The van der Waals surface area contributed by atoms with E-state index in [2.05, 4.69) is 34.5 Å². The smallest absolute Gasteiger partial charge is 0.234 e. The molecule has 2 aromatic rings.